The summed E-state index contributed by atoms with van der Waals surface area (Å²) in [6.07, 6.45) is 1.47. The molecule has 0 saturated carbocycles. The fourth-order valence-corrected chi connectivity index (χ4v) is 4.43. The topological polar surface area (TPSA) is 52.0 Å². The molecule has 0 radical (unpaired) electrons. The monoisotopic (exact) mass is 366 g/mol. The molecule has 0 bridgehead atoms. The first-order valence-electron chi connectivity index (χ1n) is 7.76. The molecule has 0 amide bonds. The van der Waals surface area contributed by atoms with E-state index in [1.54, 1.807) is 6.07 Å². The largest absolute Gasteiger partial charge is 0.291 e. The van der Waals surface area contributed by atoms with E-state index in [0.29, 0.717) is 15.1 Å². The van der Waals surface area contributed by atoms with E-state index in [1.807, 2.05) is 49.4 Å². The third-order valence-corrected chi connectivity index (χ3v) is 6.04. The number of hydrogen-bond acceptors (Lipinski definition) is 5. The van der Waals surface area contributed by atoms with Crippen molar-refractivity contribution >= 4 is 38.7 Å². The van der Waals surface area contributed by atoms with Crippen LogP contribution < -0.4 is 5.56 Å². The fourth-order valence-electron chi connectivity index (χ4n) is 2.63. The first-order valence-corrected chi connectivity index (χ1v) is 9.39. The molecule has 4 nitrogen and oxygen atoms in total. The molecule has 25 heavy (non-hydrogen) atoms. The maximum atomic E-state index is 12.7. The highest BCUT2D eigenvalue weighted by molar-refractivity contribution is 7.21. The molecule has 0 aliphatic rings. The highest BCUT2D eigenvalue weighted by Crippen LogP contribution is 2.30. The number of ketones is 1. The SMILES string of the molecule is Cc1ccc(C(=O)Cn2cnc3sc(-c4ccccc4)cc3c2=O)s1. The van der Waals surface area contributed by atoms with Crippen LogP contribution in [0.4, 0.5) is 0 Å². The summed E-state index contributed by atoms with van der Waals surface area (Å²) in [7, 11) is 0. The molecule has 1 aromatic carbocycles. The third-order valence-electron chi connectivity index (χ3n) is 3.91. The Kier molecular flexibility index (Phi) is 4.07. The fraction of sp³-hybridized carbons (Fsp3) is 0.105. The Morgan fingerprint density at radius 3 is 2.64 bits per heavy atom. The summed E-state index contributed by atoms with van der Waals surface area (Å²) < 4.78 is 1.39. The standard InChI is InChI=1S/C19H14N2O2S2/c1-12-7-8-16(24-12)15(22)10-21-11-20-18-14(19(21)23)9-17(25-18)13-5-3-2-4-6-13/h2-9,11H,10H2,1H3. The molecule has 0 saturated heterocycles. The van der Waals surface area contributed by atoms with Crippen LogP contribution in [0.5, 0.6) is 0 Å². The van der Waals surface area contributed by atoms with Crippen LogP contribution in [-0.4, -0.2) is 15.3 Å². The summed E-state index contributed by atoms with van der Waals surface area (Å²) in [5.41, 5.74) is 0.881. The number of hydrogen-bond donors (Lipinski definition) is 0. The lowest BCUT2D eigenvalue weighted by atomic mass is 10.2. The smallest absolute Gasteiger partial charge is 0.262 e. The van der Waals surface area contributed by atoms with E-state index < -0.39 is 0 Å². The van der Waals surface area contributed by atoms with Gasteiger partial charge in [0.1, 0.15) is 4.83 Å². The van der Waals surface area contributed by atoms with Crippen LogP contribution in [0.15, 0.2) is 59.7 Å². The molecule has 4 rings (SSSR count). The number of nitrogens with zero attached hydrogens (tertiary/aromatic N) is 2. The molecule has 3 heterocycles. The van der Waals surface area contributed by atoms with Crippen LogP contribution in [-0.2, 0) is 6.54 Å². The summed E-state index contributed by atoms with van der Waals surface area (Å²) in [5.74, 6) is -0.0696. The number of Topliss-reactive ketones (excluding diaryl/α,β-unsaturated/α-hetero) is 1. The average molecular weight is 366 g/mol. The molecule has 0 unspecified atom stereocenters. The van der Waals surface area contributed by atoms with Crippen molar-refractivity contribution in [3.8, 4) is 10.4 Å². The molecule has 0 fully saturated rings. The molecular weight excluding hydrogens is 352 g/mol. The van der Waals surface area contributed by atoms with Gasteiger partial charge in [0, 0.05) is 9.75 Å². The van der Waals surface area contributed by atoms with Crippen molar-refractivity contribution in [3.63, 3.8) is 0 Å². The Hall–Kier alpha value is -2.57. The number of benzene rings is 1. The second kappa shape index (κ2) is 6.38. The van der Waals surface area contributed by atoms with Gasteiger partial charge in [0.2, 0.25) is 0 Å². The lowest BCUT2D eigenvalue weighted by Crippen LogP contribution is -2.23. The van der Waals surface area contributed by atoms with Crippen molar-refractivity contribution in [3.05, 3.63) is 75.0 Å². The van der Waals surface area contributed by atoms with E-state index in [1.165, 1.54) is 33.6 Å². The van der Waals surface area contributed by atoms with E-state index in [2.05, 4.69) is 4.98 Å². The summed E-state index contributed by atoms with van der Waals surface area (Å²) in [5, 5.41) is 0.557. The molecule has 0 spiro atoms. The van der Waals surface area contributed by atoms with Gasteiger partial charge in [-0.2, -0.15) is 0 Å². The highest BCUT2D eigenvalue weighted by Gasteiger charge is 2.14. The van der Waals surface area contributed by atoms with E-state index in [0.717, 1.165) is 15.3 Å². The van der Waals surface area contributed by atoms with Gasteiger partial charge in [-0.15, -0.1) is 22.7 Å². The van der Waals surface area contributed by atoms with Gasteiger partial charge in [0.05, 0.1) is 23.1 Å². The van der Waals surface area contributed by atoms with Crippen LogP contribution in [0.1, 0.15) is 14.5 Å². The summed E-state index contributed by atoms with van der Waals surface area (Å²) in [4.78, 5) is 32.9. The highest BCUT2D eigenvalue weighted by atomic mass is 32.1. The van der Waals surface area contributed by atoms with Crippen LogP contribution in [0, 0.1) is 6.92 Å². The number of thiophene rings is 2. The average Bonchev–Trinajstić information content (AvgIpc) is 3.25. The van der Waals surface area contributed by atoms with Crippen molar-refractivity contribution < 1.29 is 4.79 Å². The van der Waals surface area contributed by atoms with E-state index in [-0.39, 0.29) is 17.9 Å². The first-order chi connectivity index (χ1) is 12.1. The van der Waals surface area contributed by atoms with Crippen molar-refractivity contribution in [2.75, 3.05) is 0 Å². The minimum atomic E-state index is -0.176. The molecule has 0 N–H and O–H groups in total. The number of carbonyl (C=O) groups excluding carboxylic acids is 1. The Morgan fingerprint density at radius 1 is 1.12 bits per heavy atom. The number of fused-ring (bicyclic) bond motifs is 1. The maximum Gasteiger partial charge on any atom is 0.262 e. The van der Waals surface area contributed by atoms with Gasteiger partial charge in [0.25, 0.3) is 5.56 Å². The Balaban J connectivity index is 1.70. The number of aromatic nitrogens is 2. The van der Waals surface area contributed by atoms with Crippen LogP contribution in [0.3, 0.4) is 0 Å². The summed E-state index contributed by atoms with van der Waals surface area (Å²) >= 11 is 2.93. The first kappa shape index (κ1) is 15.9. The molecule has 6 heteroatoms. The normalized spacial score (nSPS) is 11.1. The van der Waals surface area contributed by atoms with Crippen molar-refractivity contribution in [1.82, 2.24) is 9.55 Å². The van der Waals surface area contributed by atoms with E-state index in [9.17, 15) is 9.59 Å². The van der Waals surface area contributed by atoms with Crippen LogP contribution in [0.2, 0.25) is 0 Å². The lowest BCUT2D eigenvalue weighted by Gasteiger charge is -2.02. The second-order valence-corrected chi connectivity index (χ2v) is 8.03. The zero-order chi connectivity index (χ0) is 17.4. The Morgan fingerprint density at radius 2 is 1.92 bits per heavy atom. The van der Waals surface area contributed by atoms with Crippen molar-refractivity contribution in [2.45, 2.75) is 13.5 Å². The van der Waals surface area contributed by atoms with Crippen molar-refractivity contribution in [1.29, 1.82) is 0 Å². The minimum absolute atomic E-state index is 0.0121. The van der Waals surface area contributed by atoms with Gasteiger partial charge in [0.15, 0.2) is 5.78 Å². The van der Waals surface area contributed by atoms with Gasteiger partial charge in [-0.05, 0) is 30.7 Å². The lowest BCUT2D eigenvalue weighted by molar-refractivity contribution is 0.0974. The molecule has 4 aromatic rings. The number of rotatable bonds is 4. The zero-order valence-corrected chi connectivity index (χ0v) is 15.1. The van der Waals surface area contributed by atoms with Crippen molar-refractivity contribution in [2.24, 2.45) is 0 Å². The van der Waals surface area contributed by atoms with Crippen LogP contribution in [0.25, 0.3) is 20.7 Å². The quantitative estimate of drug-likeness (QED) is 0.504. The van der Waals surface area contributed by atoms with E-state index in [4.69, 9.17) is 0 Å². The molecule has 0 aliphatic heterocycles. The van der Waals surface area contributed by atoms with Gasteiger partial charge in [-0.3, -0.25) is 14.2 Å². The van der Waals surface area contributed by atoms with Gasteiger partial charge in [-0.25, -0.2) is 4.98 Å². The Labute approximate surface area is 152 Å². The zero-order valence-electron chi connectivity index (χ0n) is 13.4. The minimum Gasteiger partial charge on any atom is -0.291 e. The molecular formula is C19H14N2O2S2. The predicted octanol–water partition coefficient (Wildman–Crippen LogP) is 4.38. The van der Waals surface area contributed by atoms with Gasteiger partial charge < -0.3 is 0 Å². The Bertz CT molecular complexity index is 1120. The molecule has 0 aliphatic carbocycles. The van der Waals surface area contributed by atoms with Gasteiger partial charge >= 0.3 is 0 Å². The predicted molar refractivity (Wildman–Crippen MR) is 103 cm³/mol. The van der Waals surface area contributed by atoms with E-state index >= 15 is 0 Å². The van der Waals surface area contributed by atoms with Gasteiger partial charge in [-0.1, -0.05) is 30.3 Å². The third kappa shape index (κ3) is 3.06. The summed E-state index contributed by atoms with van der Waals surface area (Å²) in [6, 6.07) is 15.5. The molecule has 0 atom stereocenters. The molecule has 3 aromatic heterocycles. The number of carbonyl (C=O) groups is 1. The summed E-state index contributed by atoms with van der Waals surface area (Å²) in [6.45, 7) is 1.97. The maximum absolute atomic E-state index is 12.7. The second-order valence-electron chi connectivity index (χ2n) is 5.71. The number of aryl methyl sites for hydroxylation is 1. The molecule has 124 valence electrons. The van der Waals surface area contributed by atoms with Crippen LogP contribution >= 0.6 is 22.7 Å².